The summed E-state index contributed by atoms with van der Waals surface area (Å²) in [6.07, 6.45) is 0.349. The van der Waals surface area contributed by atoms with Crippen LogP contribution in [0.3, 0.4) is 0 Å². The fraction of sp³-hybridized carbons (Fsp3) is 0.438. The Bertz CT molecular complexity index is 811. The van der Waals surface area contributed by atoms with E-state index in [1.165, 1.54) is 30.1 Å². The molecule has 142 valence electrons. The Morgan fingerprint density at radius 1 is 1.35 bits per heavy atom. The predicted molar refractivity (Wildman–Crippen MR) is 89.5 cm³/mol. The first-order valence-electron chi connectivity index (χ1n) is 7.83. The van der Waals surface area contributed by atoms with Crippen LogP contribution in [0.25, 0.3) is 0 Å². The standard InChI is InChI=1S/C16H19FN2O6S/c1-19(13-5-6-26(23,24)10-13)14(20)9-25-15(21)8-18-16(22)11-3-2-4-12(17)7-11/h2-4,7,13H,5-6,8-10H2,1H3,(H,18,22)/t13-/m1/s1. The number of nitrogens with zero attached hydrogens (tertiary/aromatic N) is 1. The van der Waals surface area contributed by atoms with Gasteiger partial charge < -0.3 is 15.0 Å². The molecule has 1 aliphatic rings. The average Bonchev–Trinajstić information content (AvgIpc) is 2.96. The summed E-state index contributed by atoms with van der Waals surface area (Å²) in [5.41, 5.74) is 0.0519. The van der Waals surface area contributed by atoms with Crippen molar-refractivity contribution in [3.63, 3.8) is 0 Å². The summed E-state index contributed by atoms with van der Waals surface area (Å²) in [4.78, 5) is 36.6. The molecule has 1 N–H and O–H groups in total. The van der Waals surface area contributed by atoms with Crippen LogP contribution in [0.5, 0.6) is 0 Å². The summed E-state index contributed by atoms with van der Waals surface area (Å²) in [6, 6.07) is 4.52. The number of carbonyl (C=O) groups is 3. The molecule has 0 aromatic heterocycles. The van der Waals surface area contributed by atoms with Crippen molar-refractivity contribution in [1.82, 2.24) is 10.2 Å². The zero-order valence-corrected chi connectivity index (χ0v) is 14.9. The zero-order chi connectivity index (χ0) is 19.3. The lowest BCUT2D eigenvalue weighted by Gasteiger charge is -2.23. The lowest BCUT2D eigenvalue weighted by molar-refractivity contribution is -0.151. The smallest absolute Gasteiger partial charge is 0.325 e. The molecule has 1 fully saturated rings. The van der Waals surface area contributed by atoms with Crippen LogP contribution in [0.15, 0.2) is 24.3 Å². The molecule has 0 saturated carbocycles. The lowest BCUT2D eigenvalue weighted by Crippen LogP contribution is -2.41. The van der Waals surface area contributed by atoms with Crippen LogP contribution in [-0.2, 0) is 24.2 Å². The van der Waals surface area contributed by atoms with Crippen LogP contribution in [0.4, 0.5) is 4.39 Å². The third kappa shape index (κ3) is 5.51. The van der Waals surface area contributed by atoms with E-state index in [0.717, 1.165) is 6.07 Å². The molecule has 8 nitrogen and oxygen atoms in total. The van der Waals surface area contributed by atoms with E-state index in [0.29, 0.717) is 6.42 Å². The largest absolute Gasteiger partial charge is 0.454 e. The number of rotatable bonds is 6. The molecule has 0 unspecified atom stereocenters. The zero-order valence-electron chi connectivity index (χ0n) is 14.1. The highest BCUT2D eigenvalue weighted by atomic mass is 32.2. The molecule has 1 atom stereocenters. The van der Waals surface area contributed by atoms with Crippen molar-refractivity contribution in [3.8, 4) is 0 Å². The Kier molecular flexibility index (Phi) is 6.30. The van der Waals surface area contributed by atoms with Crippen molar-refractivity contribution in [2.75, 3.05) is 31.7 Å². The van der Waals surface area contributed by atoms with Crippen LogP contribution in [0.1, 0.15) is 16.8 Å². The van der Waals surface area contributed by atoms with Gasteiger partial charge in [-0.2, -0.15) is 0 Å². The van der Waals surface area contributed by atoms with Gasteiger partial charge in [-0.05, 0) is 24.6 Å². The van der Waals surface area contributed by atoms with E-state index >= 15 is 0 Å². The Hall–Kier alpha value is -2.49. The highest BCUT2D eigenvalue weighted by Gasteiger charge is 2.32. The minimum Gasteiger partial charge on any atom is -0.454 e. The van der Waals surface area contributed by atoms with Crippen molar-refractivity contribution in [2.24, 2.45) is 0 Å². The van der Waals surface area contributed by atoms with E-state index in [9.17, 15) is 27.2 Å². The first kappa shape index (κ1) is 19.8. The van der Waals surface area contributed by atoms with E-state index in [4.69, 9.17) is 4.74 Å². The van der Waals surface area contributed by atoms with Crippen molar-refractivity contribution >= 4 is 27.6 Å². The summed E-state index contributed by atoms with van der Waals surface area (Å²) in [5.74, 6) is -2.68. The maximum absolute atomic E-state index is 13.0. The number of carbonyl (C=O) groups excluding carboxylic acids is 3. The predicted octanol–water partition coefficient (Wildman–Crippen LogP) is -0.256. The summed E-state index contributed by atoms with van der Waals surface area (Å²) in [5, 5.41) is 2.26. The van der Waals surface area contributed by atoms with Gasteiger partial charge in [0.2, 0.25) is 0 Å². The second-order valence-electron chi connectivity index (χ2n) is 5.92. The Balaban J connectivity index is 1.74. The first-order chi connectivity index (χ1) is 12.2. The molecule has 0 aliphatic carbocycles. The molecular weight excluding hydrogens is 367 g/mol. The topological polar surface area (TPSA) is 110 Å². The van der Waals surface area contributed by atoms with Gasteiger partial charge in [0.05, 0.1) is 11.5 Å². The van der Waals surface area contributed by atoms with Crippen LogP contribution < -0.4 is 5.32 Å². The number of hydrogen-bond donors (Lipinski definition) is 1. The van der Waals surface area contributed by atoms with Crippen molar-refractivity contribution in [3.05, 3.63) is 35.6 Å². The van der Waals surface area contributed by atoms with Gasteiger partial charge in [-0.25, -0.2) is 12.8 Å². The fourth-order valence-corrected chi connectivity index (χ4v) is 4.24. The maximum atomic E-state index is 13.0. The van der Waals surface area contributed by atoms with Crippen LogP contribution in [0.2, 0.25) is 0 Å². The van der Waals surface area contributed by atoms with Crippen molar-refractivity contribution in [2.45, 2.75) is 12.5 Å². The molecule has 2 amide bonds. The molecule has 0 radical (unpaired) electrons. The van der Waals surface area contributed by atoms with E-state index in [-0.39, 0.29) is 17.1 Å². The number of hydrogen-bond acceptors (Lipinski definition) is 6. The number of amides is 2. The number of ether oxygens (including phenoxy) is 1. The molecule has 1 aromatic carbocycles. The minimum atomic E-state index is -3.13. The Morgan fingerprint density at radius 2 is 2.08 bits per heavy atom. The SMILES string of the molecule is CN(C(=O)COC(=O)CNC(=O)c1cccc(F)c1)[C@@H]1CCS(=O)(=O)C1. The first-order valence-corrected chi connectivity index (χ1v) is 9.65. The van der Waals surface area contributed by atoms with Gasteiger partial charge in [0, 0.05) is 18.7 Å². The summed E-state index contributed by atoms with van der Waals surface area (Å²) < 4.78 is 40.7. The molecule has 1 aromatic rings. The van der Waals surface area contributed by atoms with Gasteiger partial charge in [0.25, 0.3) is 11.8 Å². The molecule has 1 heterocycles. The van der Waals surface area contributed by atoms with E-state index in [1.54, 1.807) is 0 Å². The number of benzene rings is 1. The van der Waals surface area contributed by atoms with Gasteiger partial charge in [-0.15, -0.1) is 0 Å². The Morgan fingerprint density at radius 3 is 2.69 bits per heavy atom. The molecule has 0 bridgehead atoms. The molecule has 1 aliphatic heterocycles. The summed E-state index contributed by atoms with van der Waals surface area (Å²) in [6.45, 7) is -1.04. The highest BCUT2D eigenvalue weighted by molar-refractivity contribution is 7.91. The number of halogens is 1. The van der Waals surface area contributed by atoms with E-state index in [2.05, 4.69) is 5.32 Å². The molecule has 26 heavy (non-hydrogen) atoms. The highest BCUT2D eigenvalue weighted by Crippen LogP contribution is 2.16. The number of sulfone groups is 1. The van der Waals surface area contributed by atoms with Gasteiger partial charge in [-0.3, -0.25) is 14.4 Å². The van der Waals surface area contributed by atoms with E-state index < -0.39 is 52.6 Å². The third-order valence-electron chi connectivity index (χ3n) is 3.99. The number of nitrogens with one attached hydrogen (secondary N) is 1. The fourth-order valence-electron chi connectivity index (χ4n) is 2.46. The van der Waals surface area contributed by atoms with E-state index in [1.807, 2.05) is 0 Å². The number of likely N-dealkylation sites (N-methyl/N-ethyl adjacent to an activating group) is 1. The second-order valence-corrected chi connectivity index (χ2v) is 8.14. The summed E-state index contributed by atoms with van der Waals surface area (Å²) >= 11 is 0. The lowest BCUT2D eigenvalue weighted by atomic mass is 10.2. The van der Waals surface area contributed by atoms with Gasteiger partial charge in [0.1, 0.15) is 12.4 Å². The third-order valence-corrected chi connectivity index (χ3v) is 5.74. The van der Waals surface area contributed by atoms with Crippen molar-refractivity contribution < 1.29 is 31.9 Å². The molecule has 0 spiro atoms. The normalized spacial score (nSPS) is 18.2. The molecule has 10 heteroatoms. The molecular formula is C16H19FN2O6S. The van der Waals surface area contributed by atoms with Crippen LogP contribution in [-0.4, -0.2) is 68.8 Å². The summed E-state index contributed by atoms with van der Waals surface area (Å²) in [7, 11) is -1.68. The van der Waals surface area contributed by atoms with Crippen LogP contribution >= 0.6 is 0 Å². The maximum Gasteiger partial charge on any atom is 0.325 e. The van der Waals surface area contributed by atoms with Gasteiger partial charge in [0.15, 0.2) is 16.4 Å². The van der Waals surface area contributed by atoms with Crippen molar-refractivity contribution in [1.29, 1.82) is 0 Å². The Labute approximate surface area is 150 Å². The van der Waals surface area contributed by atoms with Gasteiger partial charge >= 0.3 is 5.97 Å². The second kappa shape index (κ2) is 8.26. The number of esters is 1. The van der Waals surface area contributed by atoms with Crippen LogP contribution in [0, 0.1) is 5.82 Å². The average molecular weight is 386 g/mol. The monoisotopic (exact) mass is 386 g/mol. The minimum absolute atomic E-state index is 0.0290. The van der Waals surface area contributed by atoms with Gasteiger partial charge in [-0.1, -0.05) is 6.07 Å². The molecule has 2 rings (SSSR count). The molecule has 1 saturated heterocycles. The quantitative estimate of drug-likeness (QED) is 0.675.